The van der Waals surface area contributed by atoms with Crippen molar-refractivity contribution in [2.75, 3.05) is 38.1 Å². The molecule has 0 radical (unpaired) electrons. The highest BCUT2D eigenvalue weighted by molar-refractivity contribution is 7.89. The molecule has 7 heteroatoms. The average molecular weight is 385 g/mol. The molecule has 2 heterocycles. The van der Waals surface area contributed by atoms with E-state index >= 15 is 0 Å². The zero-order valence-electron chi connectivity index (χ0n) is 15.3. The first-order valence-electron chi connectivity index (χ1n) is 9.04. The van der Waals surface area contributed by atoms with Gasteiger partial charge in [-0.2, -0.15) is 4.31 Å². The fraction of sp³-hybridized carbons (Fsp3) is 0.350. The highest BCUT2D eigenvalue weighted by Gasteiger charge is 2.50. The second-order valence-electron chi connectivity index (χ2n) is 7.30. The molecule has 0 bridgehead atoms. The topological polar surface area (TPSA) is 60.9 Å². The number of rotatable bonds is 3. The third kappa shape index (κ3) is 3.16. The van der Waals surface area contributed by atoms with Gasteiger partial charge in [0.15, 0.2) is 0 Å². The van der Waals surface area contributed by atoms with Crippen molar-refractivity contribution in [2.45, 2.75) is 16.9 Å². The summed E-state index contributed by atoms with van der Waals surface area (Å²) in [5.74, 6) is 0.0405. The molecule has 27 heavy (non-hydrogen) atoms. The first-order valence-corrected chi connectivity index (χ1v) is 10.5. The van der Waals surface area contributed by atoms with Crippen LogP contribution in [0.15, 0.2) is 65.6 Å². The maximum Gasteiger partial charge on any atom is 0.243 e. The molecule has 1 spiro atoms. The highest BCUT2D eigenvalue weighted by atomic mass is 32.2. The first-order chi connectivity index (χ1) is 12.9. The highest BCUT2D eigenvalue weighted by Crippen LogP contribution is 2.35. The summed E-state index contributed by atoms with van der Waals surface area (Å²) >= 11 is 0. The zero-order valence-corrected chi connectivity index (χ0v) is 16.1. The summed E-state index contributed by atoms with van der Waals surface area (Å²) in [6.07, 6.45) is 0.701. The number of hydrogen-bond donors (Lipinski definition) is 0. The summed E-state index contributed by atoms with van der Waals surface area (Å²) in [6, 6.07) is 18.1. The Hall–Kier alpha value is -2.22. The predicted molar refractivity (Wildman–Crippen MR) is 104 cm³/mol. The first kappa shape index (κ1) is 18.2. The number of amides is 1. The van der Waals surface area contributed by atoms with Gasteiger partial charge in [-0.3, -0.25) is 9.69 Å². The van der Waals surface area contributed by atoms with Gasteiger partial charge in [0, 0.05) is 25.3 Å². The van der Waals surface area contributed by atoms with Gasteiger partial charge in [-0.1, -0.05) is 36.4 Å². The maximum atomic E-state index is 13.0. The van der Waals surface area contributed by atoms with E-state index in [0.29, 0.717) is 31.0 Å². The minimum absolute atomic E-state index is 0.0405. The van der Waals surface area contributed by atoms with Crippen LogP contribution in [0.1, 0.15) is 6.42 Å². The number of carbonyl (C=O) groups is 1. The summed E-state index contributed by atoms with van der Waals surface area (Å²) < 4.78 is 27.6. The third-order valence-corrected chi connectivity index (χ3v) is 7.54. The molecule has 0 saturated carbocycles. The van der Waals surface area contributed by atoms with Crippen molar-refractivity contribution in [2.24, 2.45) is 0 Å². The minimum atomic E-state index is -3.53. The van der Waals surface area contributed by atoms with Crippen molar-refractivity contribution in [3.8, 4) is 0 Å². The molecule has 6 nitrogen and oxygen atoms in total. The van der Waals surface area contributed by atoms with Gasteiger partial charge in [0.1, 0.15) is 0 Å². The lowest BCUT2D eigenvalue weighted by atomic mass is 9.92. The van der Waals surface area contributed by atoms with E-state index in [1.165, 1.54) is 0 Å². The van der Waals surface area contributed by atoms with Crippen LogP contribution < -0.4 is 4.90 Å². The molecule has 2 aliphatic heterocycles. The molecule has 2 saturated heterocycles. The minimum Gasteiger partial charge on any atom is -0.309 e. The quantitative estimate of drug-likeness (QED) is 0.808. The van der Waals surface area contributed by atoms with Crippen LogP contribution in [0.5, 0.6) is 0 Å². The van der Waals surface area contributed by atoms with Gasteiger partial charge in [0.2, 0.25) is 15.9 Å². The van der Waals surface area contributed by atoms with Crippen LogP contribution in [-0.2, 0) is 14.8 Å². The fourth-order valence-electron chi connectivity index (χ4n) is 4.01. The van der Waals surface area contributed by atoms with Crippen molar-refractivity contribution in [3.63, 3.8) is 0 Å². The monoisotopic (exact) mass is 385 g/mol. The van der Waals surface area contributed by atoms with E-state index in [0.717, 1.165) is 5.69 Å². The van der Waals surface area contributed by atoms with E-state index in [4.69, 9.17) is 0 Å². The molecular weight excluding hydrogens is 362 g/mol. The smallest absolute Gasteiger partial charge is 0.243 e. The average Bonchev–Trinajstić information content (AvgIpc) is 3.12. The Labute approximate surface area is 160 Å². The number of anilines is 1. The Kier molecular flexibility index (Phi) is 4.53. The molecule has 142 valence electrons. The normalized spacial score (nSPS) is 24.6. The lowest BCUT2D eigenvalue weighted by Gasteiger charge is -2.46. The summed E-state index contributed by atoms with van der Waals surface area (Å²) in [6.45, 7) is 1.62. The van der Waals surface area contributed by atoms with Crippen LogP contribution in [0.2, 0.25) is 0 Å². The van der Waals surface area contributed by atoms with Gasteiger partial charge >= 0.3 is 0 Å². The van der Waals surface area contributed by atoms with Crippen LogP contribution in [0, 0.1) is 0 Å². The second kappa shape index (κ2) is 6.74. The lowest BCUT2D eigenvalue weighted by molar-refractivity contribution is -0.123. The molecule has 0 aliphatic carbocycles. The van der Waals surface area contributed by atoms with Crippen molar-refractivity contribution in [3.05, 3.63) is 60.7 Å². The van der Waals surface area contributed by atoms with E-state index in [2.05, 4.69) is 0 Å². The van der Waals surface area contributed by atoms with Gasteiger partial charge in [-0.05, 0) is 37.7 Å². The molecular formula is C20H23N3O3S. The number of benzene rings is 2. The number of sulfonamides is 1. The van der Waals surface area contributed by atoms with E-state index in [-0.39, 0.29) is 18.0 Å². The summed E-state index contributed by atoms with van der Waals surface area (Å²) in [7, 11) is -1.61. The fourth-order valence-corrected chi connectivity index (χ4v) is 5.55. The molecule has 1 amide bonds. The molecule has 0 aromatic heterocycles. The third-order valence-electron chi connectivity index (χ3n) is 5.68. The van der Waals surface area contributed by atoms with Crippen LogP contribution in [0.3, 0.4) is 0 Å². The summed E-state index contributed by atoms with van der Waals surface area (Å²) in [5.41, 5.74) is 0.491. The molecule has 2 aromatic carbocycles. The Morgan fingerprint density at radius 3 is 2.22 bits per heavy atom. The van der Waals surface area contributed by atoms with Crippen LogP contribution in [0.25, 0.3) is 0 Å². The predicted octanol–water partition coefficient (Wildman–Crippen LogP) is 1.80. The summed E-state index contributed by atoms with van der Waals surface area (Å²) in [5, 5.41) is 0. The van der Waals surface area contributed by atoms with Gasteiger partial charge in [-0.15, -0.1) is 0 Å². The molecule has 2 aliphatic rings. The molecule has 2 aromatic rings. The number of carbonyl (C=O) groups excluding carboxylic acids is 1. The van der Waals surface area contributed by atoms with Crippen LogP contribution in [0.4, 0.5) is 5.69 Å². The van der Waals surface area contributed by atoms with Crippen molar-refractivity contribution >= 4 is 21.6 Å². The zero-order chi connectivity index (χ0) is 19.1. The van der Waals surface area contributed by atoms with E-state index < -0.39 is 10.0 Å². The van der Waals surface area contributed by atoms with Gasteiger partial charge in [0.05, 0.1) is 17.0 Å². The lowest BCUT2D eigenvalue weighted by Crippen LogP contribution is -2.64. The molecule has 0 N–H and O–H groups in total. The molecule has 1 atom stereocenters. The SMILES string of the molecule is CN1CC(=O)N(c2ccccc2)CC12CCN(S(=O)(=O)c1ccccc1)C2. The number of piperazine rings is 1. The number of para-hydroxylation sites is 1. The molecule has 2 fully saturated rings. The maximum absolute atomic E-state index is 13.0. The van der Waals surface area contributed by atoms with Gasteiger partial charge in [0.25, 0.3) is 0 Å². The Bertz CT molecular complexity index is 933. The van der Waals surface area contributed by atoms with E-state index in [1.54, 1.807) is 33.5 Å². The molecule has 1 unspecified atom stereocenters. The van der Waals surface area contributed by atoms with E-state index in [9.17, 15) is 13.2 Å². The number of hydrogen-bond acceptors (Lipinski definition) is 4. The Balaban J connectivity index is 1.61. The van der Waals surface area contributed by atoms with Crippen LogP contribution in [-0.4, -0.2) is 62.3 Å². The van der Waals surface area contributed by atoms with Crippen molar-refractivity contribution < 1.29 is 13.2 Å². The van der Waals surface area contributed by atoms with Gasteiger partial charge < -0.3 is 4.90 Å². The second-order valence-corrected chi connectivity index (χ2v) is 9.24. The standard InChI is InChI=1S/C20H23N3O3S/c1-21-14-19(24)23(17-8-4-2-5-9-17)16-20(21)12-13-22(15-20)27(25,26)18-10-6-3-7-11-18/h2-11H,12-16H2,1H3. The largest absolute Gasteiger partial charge is 0.309 e. The van der Waals surface area contributed by atoms with Crippen LogP contribution >= 0.6 is 0 Å². The number of nitrogens with zero attached hydrogens (tertiary/aromatic N) is 3. The Morgan fingerprint density at radius 1 is 0.926 bits per heavy atom. The summed E-state index contributed by atoms with van der Waals surface area (Å²) in [4.78, 5) is 16.7. The van der Waals surface area contributed by atoms with E-state index in [1.807, 2.05) is 48.3 Å². The molecule has 4 rings (SSSR count). The van der Waals surface area contributed by atoms with Crippen molar-refractivity contribution in [1.82, 2.24) is 9.21 Å². The Morgan fingerprint density at radius 2 is 1.56 bits per heavy atom. The van der Waals surface area contributed by atoms with Gasteiger partial charge in [-0.25, -0.2) is 8.42 Å². The van der Waals surface area contributed by atoms with Crippen molar-refractivity contribution in [1.29, 1.82) is 0 Å². The number of likely N-dealkylation sites (N-methyl/N-ethyl adjacent to an activating group) is 1.